The maximum atomic E-state index is 13.8. The Labute approximate surface area is 201 Å². The van der Waals surface area contributed by atoms with E-state index in [0.717, 1.165) is 28.4 Å². The Morgan fingerprint density at radius 3 is 2.70 bits per heavy atom. The molecule has 1 aromatic carbocycles. The van der Waals surface area contributed by atoms with Gasteiger partial charge in [0.05, 0.1) is 17.1 Å². The number of carbonyl (C=O) groups is 2. The summed E-state index contributed by atoms with van der Waals surface area (Å²) in [7, 11) is 0. The molecule has 0 spiro atoms. The SMILES string of the molecule is CC1(C)CC(=O)C2=C(C1)Nc1ccccc1N(C(=O)CSc1ncccn1)[C@H]2c1cccs1. The monoisotopic (exact) mass is 476 g/mol. The first kappa shape index (κ1) is 21.9. The van der Waals surface area contributed by atoms with Crippen LogP contribution in [0.5, 0.6) is 0 Å². The average Bonchev–Trinajstić information content (AvgIpc) is 3.27. The van der Waals surface area contributed by atoms with E-state index in [9.17, 15) is 9.59 Å². The van der Waals surface area contributed by atoms with E-state index in [1.54, 1.807) is 34.7 Å². The molecule has 0 radical (unpaired) electrons. The number of para-hydroxylation sites is 2. The summed E-state index contributed by atoms with van der Waals surface area (Å²) in [6.45, 7) is 4.24. The highest BCUT2D eigenvalue weighted by atomic mass is 32.2. The van der Waals surface area contributed by atoms with Gasteiger partial charge in [-0.15, -0.1) is 11.3 Å². The zero-order chi connectivity index (χ0) is 23.0. The van der Waals surface area contributed by atoms with Gasteiger partial charge in [0.2, 0.25) is 5.91 Å². The maximum Gasteiger partial charge on any atom is 0.238 e. The Hall–Kier alpha value is -2.97. The lowest BCUT2D eigenvalue weighted by atomic mass is 9.74. The number of ketones is 1. The first-order chi connectivity index (χ1) is 15.9. The molecule has 2 aliphatic rings. The zero-order valence-corrected chi connectivity index (χ0v) is 20.1. The molecule has 1 aliphatic heterocycles. The van der Waals surface area contributed by atoms with Gasteiger partial charge in [-0.3, -0.25) is 14.5 Å². The molecule has 33 heavy (non-hydrogen) atoms. The molecule has 168 valence electrons. The number of allylic oxidation sites excluding steroid dienone is 1. The van der Waals surface area contributed by atoms with Crippen LogP contribution in [0.3, 0.4) is 0 Å². The van der Waals surface area contributed by atoms with Crippen LogP contribution in [0.15, 0.2) is 76.7 Å². The Balaban J connectivity index is 1.63. The molecule has 2 aromatic heterocycles. The number of thiophene rings is 1. The van der Waals surface area contributed by atoms with Gasteiger partial charge in [-0.1, -0.05) is 43.8 Å². The third-order valence-corrected chi connectivity index (χ3v) is 7.63. The van der Waals surface area contributed by atoms with Crippen molar-refractivity contribution in [3.05, 3.63) is 76.4 Å². The van der Waals surface area contributed by atoms with Crippen molar-refractivity contribution in [3.8, 4) is 0 Å². The molecule has 8 heteroatoms. The van der Waals surface area contributed by atoms with E-state index in [0.29, 0.717) is 17.2 Å². The molecule has 1 N–H and O–H groups in total. The van der Waals surface area contributed by atoms with E-state index in [4.69, 9.17) is 0 Å². The Morgan fingerprint density at radius 2 is 1.94 bits per heavy atom. The van der Waals surface area contributed by atoms with Crippen LogP contribution in [0, 0.1) is 5.41 Å². The van der Waals surface area contributed by atoms with Crippen molar-refractivity contribution in [3.63, 3.8) is 0 Å². The number of hydrogen-bond donors (Lipinski definition) is 1. The second kappa shape index (κ2) is 8.76. The second-order valence-electron chi connectivity index (χ2n) is 8.98. The molecule has 3 aromatic rings. The minimum atomic E-state index is -0.468. The van der Waals surface area contributed by atoms with Gasteiger partial charge in [0, 0.05) is 35.0 Å². The smallest absolute Gasteiger partial charge is 0.238 e. The number of aromatic nitrogens is 2. The summed E-state index contributed by atoms with van der Waals surface area (Å²) < 4.78 is 0. The summed E-state index contributed by atoms with van der Waals surface area (Å²) in [5, 5.41) is 6.08. The van der Waals surface area contributed by atoms with Crippen LogP contribution in [0.25, 0.3) is 0 Å². The van der Waals surface area contributed by atoms with E-state index in [1.165, 1.54) is 11.8 Å². The summed E-state index contributed by atoms with van der Waals surface area (Å²) in [5.41, 5.74) is 3.08. The largest absolute Gasteiger partial charge is 0.357 e. The van der Waals surface area contributed by atoms with Gasteiger partial charge < -0.3 is 5.32 Å². The van der Waals surface area contributed by atoms with Crippen molar-refractivity contribution in [2.24, 2.45) is 5.41 Å². The molecule has 0 unspecified atom stereocenters. The van der Waals surface area contributed by atoms with Crippen LogP contribution in [0.2, 0.25) is 0 Å². The molecule has 5 rings (SSSR count). The normalized spacial score (nSPS) is 19.4. The summed E-state index contributed by atoms with van der Waals surface area (Å²) in [4.78, 5) is 38.6. The summed E-state index contributed by atoms with van der Waals surface area (Å²) in [6, 6.07) is 13.0. The highest BCUT2D eigenvalue weighted by molar-refractivity contribution is 7.99. The molecule has 3 heterocycles. The maximum absolute atomic E-state index is 13.8. The first-order valence-electron chi connectivity index (χ1n) is 10.8. The number of fused-ring (bicyclic) bond motifs is 1. The predicted octanol–water partition coefficient (Wildman–Crippen LogP) is 5.47. The number of thioether (sulfide) groups is 1. The second-order valence-corrected chi connectivity index (χ2v) is 10.9. The lowest BCUT2D eigenvalue weighted by Crippen LogP contribution is -2.40. The average molecular weight is 477 g/mol. The fourth-order valence-electron chi connectivity index (χ4n) is 4.53. The fourth-order valence-corrected chi connectivity index (χ4v) is 6.02. The molecule has 0 bridgehead atoms. The Kier molecular flexibility index (Phi) is 5.80. The molecule has 0 saturated carbocycles. The number of rotatable bonds is 4. The molecule has 0 saturated heterocycles. The number of Topliss-reactive ketones (excluding diaryl/α,β-unsaturated/α-hetero) is 1. The third kappa shape index (κ3) is 4.32. The van der Waals surface area contributed by atoms with Crippen molar-refractivity contribution in [2.75, 3.05) is 16.0 Å². The van der Waals surface area contributed by atoms with Crippen LogP contribution < -0.4 is 10.2 Å². The first-order valence-corrected chi connectivity index (χ1v) is 12.7. The van der Waals surface area contributed by atoms with Gasteiger partial charge in [-0.25, -0.2) is 9.97 Å². The minimum Gasteiger partial charge on any atom is -0.357 e. The van der Waals surface area contributed by atoms with Crippen LogP contribution in [0.1, 0.15) is 37.6 Å². The number of benzene rings is 1. The van der Waals surface area contributed by atoms with Crippen LogP contribution in [-0.2, 0) is 9.59 Å². The molecule has 1 aliphatic carbocycles. The number of anilines is 2. The van der Waals surface area contributed by atoms with Gasteiger partial charge in [0.1, 0.15) is 6.04 Å². The number of hydrogen-bond acceptors (Lipinski definition) is 7. The summed E-state index contributed by atoms with van der Waals surface area (Å²) >= 11 is 2.87. The molecule has 0 fully saturated rings. The Bertz CT molecular complexity index is 1220. The number of amides is 1. The molecular weight excluding hydrogens is 452 g/mol. The van der Waals surface area contributed by atoms with Crippen molar-refractivity contribution in [2.45, 2.75) is 37.9 Å². The number of nitrogens with zero attached hydrogens (tertiary/aromatic N) is 3. The quantitative estimate of drug-likeness (QED) is 0.397. The van der Waals surface area contributed by atoms with Gasteiger partial charge in [-0.2, -0.15) is 0 Å². The van der Waals surface area contributed by atoms with E-state index >= 15 is 0 Å². The van der Waals surface area contributed by atoms with Crippen LogP contribution in [0.4, 0.5) is 11.4 Å². The van der Waals surface area contributed by atoms with Crippen LogP contribution >= 0.6 is 23.1 Å². The Morgan fingerprint density at radius 1 is 1.15 bits per heavy atom. The molecule has 1 atom stereocenters. The zero-order valence-electron chi connectivity index (χ0n) is 18.4. The van der Waals surface area contributed by atoms with Gasteiger partial charge in [0.25, 0.3) is 0 Å². The van der Waals surface area contributed by atoms with Gasteiger partial charge >= 0.3 is 0 Å². The van der Waals surface area contributed by atoms with Gasteiger partial charge in [0.15, 0.2) is 10.9 Å². The van der Waals surface area contributed by atoms with Crippen molar-refractivity contribution >= 4 is 46.2 Å². The van der Waals surface area contributed by atoms with E-state index in [2.05, 4.69) is 29.1 Å². The fraction of sp³-hybridized carbons (Fsp3) is 0.280. The van der Waals surface area contributed by atoms with E-state index < -0.39 is 6.04 Å². The van der Waals surface area contributed by atoms with Crippen molar-refractivity contribution in [1.29, 1.82) is 0 Å². The third-order valence-electron chi connectivity index (χ3n) is 5.85. The highest BCUT2D eigenvalue weighted by Gasteiger charge is 2.43. The summed E-state index contributed by atoms with van der Waals surface area (Å²) in [5.74, 6) is 0.172. The predicted molar refractivity (Wildman–Crippen MR) is 132 cm³/mol. The standard InChI is InChI=1S/C25H24N4O2S2/c1-25(2)13-17-22(19(30)14-25)23(20-9-5-12-32-20)29(18-8-4-3-7-16(18)28-17)21(31)15-33-24-26-10-6-11-27-24/h3-12,23,28H,13-15H2,1-2H3/t23-/m0/s1. The number of nitrogens with one attached hydrogen (secondary N) is 1. The minimum absolute atomic E-state index is 0.0912. The summed E-state index contributed by atoms with van der Waals surface area (Å²) in [6.07, 6.45) is 4.54. The van der Waals surface area contributed by atoms with Crippen LogP contribution in [-0.4, -0.2) is 27.4 Å². The lowest BCUT2D eigenvalue weighted by Gasteiger charge is -2.36. The molecule has 1 amide bonds. The molecular formula is C25H24N4O2S2. The molecule has 6 nitrogen and oxygen atoms in total. The van der Waals surface area contributed by atoms with Crippen molar-refractivity contribution < 1.29 is 9.59 Å². The number of carbonyl (C=O) groups excluding carboxylic acids is 2. The van der Waals surface area contributed by atoms with E-state index in [-0.39, 0.29) is 22.9 Å². The van der Waals surface area contributed by atoms with Crippen molar-refractivity contribution in [1.82, 2.24) is 9.97 Å². The lowest BCUT2D eigenvalue weighted by molar-refractivity contribution is -0.118. The topological polar surface area (TPSA) is 75.2 Å². The van der Waals surface area contributed by atoms with Gasteiger partial charge in [-0.05, 0) is 41.5 Å². The highest BCUT2D eigenvalue weighted by Crippen LogP contribution is 2.49. The van der Waals surface area contributed by atoms with E-state index in [1.807, 2.05) is 41.8 Å².